The lowest BCUT2D eigenvalue weighted by atomic mass is 9.88. The van der Waals surface area contributed by atoms with E-state index in [1.165, 1.54) is 0 Å². The van der Waals surface area contributed by atoms with E-state index < -0.39 is 0 Å². The number of nitrogens with zero attached hydrogens (tertiary/aromatic N) is 1. The summed E-state index contributed by atoms with van der Waals surface area (Å²) >= 11 is 0. The molecule has 0 aliphatic heterocycles. The van der Waals surface area contributed by atoms with Crippen LogP contribution in [0, 0.1) is 16.7 Å². The number of rotatable bonds is 6. The monoisotopic (exact) mass is 184 g/mol. The van der Waals surface area contributed by atoms with Crippen LogP contribution in [0.25, 0.3) is 0 Å². The topological polar surface area (TPSA) is 56.0 Å². The minimum absolute atomic E-state index is 0.143. The molecule has 13 heavy (non-hydrogen) atoms. The van der Waals surface area contributed by atoms with Gasteiger partial charge in [0.15, 0.2) is 0 Å². The van der Waals surface area contributed by atoms with Crippen LogP contribution in [-0.4, -0.2) is 24.3 Å². The lowest BCUT2D eigenvalue weighted by molar-refractivity contribution is 0.183. The van der Waals surface area contributed by atoms with Gasteiger partial charge in [0.05, 0.1) is 12.2 Å². The van der Waals surface area contributed by atoms with E-state index in [2.05, 4.69) is 25.2 Å². The summed E-state index contributed by atoms with van der Waals surface area (Å²) in [5.74, 6) is 0. The standard InChI is InChI=1S/C10H20N2O/c1-9(13)7-12-8-10(2,3)5-4-6-11/h9,12-13H,4-5,7-8H2,1-3H3. The summed E-state index contributed by atoms with van der Waals surface area (Å²) in [7, 11) is 0. The Kier molecular flexibility index (Phi) is 5.68. The fourth-order valence-corrected chi connectivity index (χ4v) is 1.10. The largest absolute Gasteiger partial charge is 0.392 e. The molecule has 1 atom stereocenters. The Morgan fingerprint density at radius 2 is 2.15 bits per heavy atom. The minimum atomic E-state index is -0.299. The Hall–Kier alpha value is -0.590. The van der Waals surface area contributed by atoms with Gasteiger partial charge in [0.2, 0.25) is 0 Å². The maximum Gasteiger partial charge on any atom is 0.0636 e. The van der Waals surface area contributed by atoms with Gasteiger partial charge >= 0.3 is 0 Å². The van der Waals surface area contributed by atoms with Crippen LogP contribution in [0.15, 0.2) is 0 Å². The summed E-state index contributed by atoms with van der Waals surface area (Å²) in [5, 5.41) is 20.6. The van der Waals surface area contributed by atoms with E-state index in [0.717, 1.165) is 13.0 Å². The van der Waals surface area contributed by atoms with E-state index in [9.17, 15) is 0 Å². The normalized spacial score (nSPS) is 13.8. The molecular weight excluding hydrogens is 164 g/mol. The third-order valence-corrected chi connectivity index (χ3v) is 1.96. The number of aliphatic hydroxyl groups excluding tert-OH is 1. The molecule has 0 fully saturated rings. The molecule has 0 aliphatic rings. The quantitative estimate of drug-likeness (QED) is 0.654. The average Bonchev–Trinajstić information content (AvgIpc) is 2.00. The van der Waals surface area contributed by atoms with Crippen molar-refractivity contribution in [3.63, 3.8) is 0 Å². The Morgan fingerprint density at radius 3 is 2.62 bits per heavy atom. The maximum absolute atomic E-state index is 9.01. The van der Waals surface area contributed by atoms with Crippen LogP contribution in [-0.2, 0) is 0 Å². The van der Waals surface area contributed by atoms with Gasteiger partial charge < -0.3 is 10.4 Å². The molecule has 3 heteroatoms. The van der Waals surface area contributed by atoms with E-state index >= 15 is 0 Å². The molecule has 0 saturated heterocycles. The average molecular weight is 184 g/mol. The van der Waals surface area contributed by atoms with Crippen molar-refractivity contribution < 1.29 is 5.11 Å². The van der Waals surface area contributed by atoms with Gasteiger partial charge in [0, 0.05) is 19.5 Å². The van der Waals surface area contributed by atoms with E-state index in [-0.39, 0.29) is 11.5 Å². The first kappa shape index (κ1) is 12.4. The van der Waals surface area contributed by atoms with E-state index in [0.29, 0.717) is 13.0 Å². The molecule has 2 N–H and O–H groups in total. The van der Waals surface area contributed by atoms with Crippen molar-refractivity contribution in [3.8, 4) is 6.07 Å². The van der Waals surface area contributed by atoms with E-state index in [4.69, 9.17) is 10.4 Å². The lowest BCUT2D eigenvalue weighted by Crippen LogP contribution is -2.33. The SMILES string of the molecule is CC(O)CNCC(C)(C)CCC#N. The van der Waals surface area contributed by atoms with Crippen molar-refractivity contribution in [2.45, 2.75) is 39.7 Å². The van der Waals surface area contributed by atoms with Crippen LogP contribution in [0.5, 0.6) is 0 Å². The predicted octanol–water partition coefficient (Wildman–Crippen LogP) is 1.29. The minimum Gasteiger partial charge on any atom is -0.392 e. The molecule has 0 amide bonds. The van der Waals surface area contributed by atoms with Crippen molar-refractivity contribution in [2.24, 2.45) is 5.41 Å². The molecule has 0 aromatic carbocycles. The highest BCUT2D eigenvalue weighted by Crippen LogP contribution is 2.20. The highest BCUT2D eigenvalue weighted by molar-refractivity contribution is 4.78. The van der Waals surface area contributed by atoms with Crippen LogP contribution >= 0.6 is 0 Å². The molecular formula is C10H20N2O. The highest BCUT2D eigenvalue weighted by atomic mass is 16.3. The zero-order valence-electron chi connectivity index (χ0n) is 8.80. The summed E-state index contributed by atoms with van der Waals surface area (Å²) in [6.45, 7) is 7.48. The molecule has 0 aromatic heterocycles. The zero-order valence-corrected chi connectivity index (χ0v) is 8.80. The molecule has 0 heterocycles. The van der Waals surface area contributed by atoms with Gasteiger partial charge in [-0.15, -0.1) is 0 Å². The van der Waals surface area contributed by atoms with Crippen LogP contribution < -0.4 is 5.32 Å². The lowest BCUT2D eigenvalue weighted by Gasteiger charge is -2.24. The summed E-state index contributed by atoms with van der Waals surface area (Å²) in [5.41, 5.74) is 0.143. The Bertz CT molecular complexity index is 170. The first-order chi connectivity index (χ1) is 5.98. The molecule has 0 rings (SSSR count). The maximum atomic E-state index is 9.01. The first-order valence-corrected chi connectivity index (χ1v) is 4.74. The molecule has 0 spiro atoms. The van der Waals surface area contributed by atoms with Crippen molar-refractivity contribution in [1.82, 2.24) is 5.32 Å². The third kappa shape index (κ3) is 7.76. The smallest absolute Gasteiger partial charge is 0.0636 e. The van der Waals surface area contributed by atoms with Crippen molar-refractivity contribution in [1.29, 1.82) is 5.26 Å². The van der Waals surface area contributed by atoms with Crippen molar-refractivity contribution in [2.75, 3.05) is 13.1 Å². The first-order valence-electron chi connectivity index (χ1n) is 4.74. The second-order valence-corrected chi connectivity index (χ2v) is 4.30. The predicted molar refractivity (Wildman–Crippen MR) is 53.2 cm³/mol. The Labute approximate surface area is 80.8 Å². The zero-order chi connectivity index (χ0) is 10.3. The van der Waals surface area contributed by atoms with Gasteiger partial charge in [-0.05, 0) is 18.8 Å². The molecule has 0 radical (unpaired) electrons. The fraction of sp³-hybridized carbons (Fsp3) is 0.900. The van der Waals surface area contributed by atoms with Crippen molar-refractivity contribution in [3.05, 3.63) is 0 Å². The van der Waals surface area contributed by atoms with Gasteiger partial charge in [-0.3, -0.25) is 0 Å². The van der Waals surface area contributed by atoms with Crippen LogP contribution in [0.4, 0.5) is 0 Å². The Morgan fingerprint density at radius 1 is 1.54 bits per heavy atom. The summed E-state index contributed by atoms with van der Waals surface area (Å²) in [4.78, 5) is 0. The number of hydrogen-bond donors (Lipinski definition) is 2. The molecule has 0 bridgehead atoms. The second-order valence-electron chi connectivity index (χ2n) is 4.30. The molecule has 0 aliphatic carbocycles. The van der Waals surface area contributed by atoms with Crippen LogP contribution in [0.2, 0.25) is 0 Å². The van der Waals surface area contributed by atoms with Gasteiger partial charge in [-0.2, -0.15) is 5.26 Å². The van der Waals surface area contributed by atoms with Gasteiger partial charge in [-0.25, -0.2) is 0 Å². The van der Waals surface area contributed by atoms with Gasteiger partial charge in [0.25, 0.3) is 0 Å². The highest BCUT2D eigenvalue weighted by Gasteiger charge is 2.16. The van der Waals surface area contributed by atoms with E-state index in [1.54, 1.807) is 6.92 Å². The van der Waals surface area contributed by atoms with Gasteiger partial charge in [-0.1, -0.05) is 13.8 Å². The third-order valence-electron chi connectivity index (χ3n) is 1.96. The van der Waals surface area contributed by atoms with Gasteiger partial charge in [0.1, 0.15) is 0 Å². The molecule has 76 valence electrons. The molecule has 3 nitrogen and oxygen atoms in total. The number of hydrogen-bond acceptors (Lipinski definition) is 3. The number of nitriles is 1. The molecule has 0 aromatic rings. The Balaban J connectivity index is 3.57. The molecule has 0 saturated carbocycles. The second kappa shape index (κ2) is 5.95. The molecule has 1 unspecified atom stereocenters. The summed E-state index contributed by atoms with van der Waals surface area (Å²) in [6.07, 6.45) is 1.20. The van der Waals surface area contributed by atoms with E-state index in [1.807, 2.05) is 0 Å². The fourth-order valence-electron chi connectivity index (χ4n) is 1.10. The summed E-state index contributed by atoms with van der Waals surface area (Å²) < 4.78 is 0. The van der Waals surface area contributed by atoms with Crippen LogP contribution in [0.3, 0.4) is 0 Å². The summed E-state index contributed by atoms with van der Waals surface area (Å²) in [6, 6.07) is 2.15. The van der Waals surface area contributed by atoms with Crippen molar-refractivity contribution >= 4 is 0 Å². The van der Waals surface area contributed by atoms with Crippen LogP contribution in [0.1, 0.15) is 33.6 Å². The number of aliphatic hydroxyl groups is 1. The number of nitrogens with one attached hydrogen (secondary N) is 1.